The first-order valence-corrected chi connectivity index (χ1v) is 11.4. The van der Waals surface area contributed by atoms with Crippen molar-refractivity contribution < 1.29 is 9.53 Å². The highest BCUT2D eigenvalue weighted by Crippen LogP contribution is 2.21. The van der Waals surface area contributed by atoms with Gasteiger partial charge in [-0.2, -0.15) is 20.5 Å². The van der Waals surface area contributed by atoms with Crippen LogP contribution >= 0.6 is 0 Å². The molecule has 170 valence electrons. The highest BCUT2D eigenvalue weighted by molar-refractivity contribution is 5.94. The van der Waals surface area contributed by atoms with Crippen molar-refractivity contribution in [2.24, 2.45) is 5.10 Å². The summed E-state index contributed by atoms with van der Waals surface area (Å²) in [6.07, 6.45) is 11.7. The molecule has 0 aliphatic rings. The topological polar surface area (TPSA) is 92.3 Å². The van der Waals surface area contributed by atoms with Crippen LogP contribution < -0.4 is 10.2 Å². The van der Waals surface area contributed by atoms with Crippen molar-refractivity contribution in [1.82, 2.24) is 20.8 Å². The van der Waals surface area contributed by atoms with Crippen LogP contribution in [0.1, 0.15) is 101 Å². The van der Waals surface area contributed by atoms with E-state index in [4.69, 9.17) is 4.74 Å². The predicted molar refractivity (Wildman–Crippen MR) is 125 cm³/mol. The number of benzene rings is 1. The van der Waals surface area contributed by atoms with Crippen LogP contribution in [0.2, 0.25) is 0 Å². The zero-order valence-corrected chi connectivity index (χ0v) is 19.4. The lowest BCUT2D eigenvalue weighted by Gasteiger charge is -2.14. The van der Waals surface area contributed by atoms with Crippen LogP contribution in [0.4, 0.5) is 0 Å². The van der Waals surface area contributed by atoms with Gasteiger partial charge in [0, 0.05) is 11.0 Å². The maximum Gasteiger partial charge on any atom is 0.271 e. The van der Waals surface area contributed by atoms with Crippen LogP contribution in [0.5, 0.6) is 5.75 Å². The molecule has 7 nitrogen and oxygen atoms in total. The van der Waals surface area contributed by atoms with Gasteiger partial charge in [-0.25, -0.2) is 5.43 Å². The molecule has 31 heavy (non-hydrogen) atoms. The number of aromatic amines is 1. The van der Waals surface area contributed by atoms with E-state index >= 15 is 0 Å². The number of aromatic nitrogens is 3. The Balaban J connectivity index is 1.69. The van der Waals surface area contributed by atoms with E-state index in [1.165, 1.54) is 51.2 Å². The van der Waals surface area contributed by atoms with Gasteiger partial charge in [0.25, 0.3) is 5.91 Å². The quantitative estimate of drug-likeness (QED) is 0.255. The van der Waals surface area contributed by atoms with Crippen molar-refractivity contribution in [3.63, 3.8) is 0 Å². The van der Waals surface area contributed by atoms with Crippen LogP contribution in [0, 0.1) is 0 Å². The first-order chi connectivity index (χ1) is 14.9. The molecule has 0 radical (unpaired) electrons. The number of H-pyrrole nitrogens is 1. The number of amides is 1. The first kappa shape index (κ1) is 24.6. The lowest BCUT2D eigenvalue weighted by molar-refractivity contribution is 0.0955. The maximum absolute atomic E-state index is 12.3. The minimum absolute atomic E-state index is 0.164. The fourth-order valence-corrected chi connectivity index (χ4v) is 3.23. The molecule has 0 aliphatic carbocycles. The van der Waals surface area contributed by atoms with Crippen LogP contribution in [0.25, 0.3) is 0 Å². The molecule has 0 spiro atoms. The van der Waals surface area contributed by atoms with Gasteiger partial charge in [-0.3, -0.25) is 4.79 Å². The summed E-state index contributed by atoms with van der Waals surface area (Å²) in [5.74, 6) is 0.493. The summed E-state index contributed by atoms with van der Waals surface area (Å²) in [6.45, 7) is 9.07. The fraction of sp³-hybridized carbons (Fsp3) is 0.583. The summed E-state index contributed by atoms with van der Waals surface area (Å²) in [7, 11) is 0. The lowest BCUT2D eigenvalue weighted by atomic mass is 9.91. The van der Waals surface area contributed by atoms with E-state index in [0.29, 0.717) is 17.9 Å². The normalized spacial score (nSPS) is 11.7. The molecule has 2 rings (SSSR count). The van der Waals surface area contributed by atoms with Gasteiger partial charge in [-0.05, 0) is 30.7 Å². The zero-order chi connectivity index (χ0) is 22.5. The second-order valence-electron chi connectivity index (χ2n) is 8.85. The minimum atomic E-state index is -0.285. The Morgan fingerprint density at radius 3 is 2.32 bits per heavy atom. The van der Waals surface area contributed by atoms with Crippen molar-refractivity contribution in [2.75, 3.05) is 6.61 Å². The number of rotatable bonds is 13. The number of nitrogens with one attached hydrogen (secondary N) is 2. The molecule has 7 heteroatoms. The Morgan fingerprint density at radius 2 is 1.68 bits per heavy atom. The smallest absolute Gasteiger partial charge is 0.271 e. The highest BCUT2D eigenvalue weighted by atomic mass is 16.5. The number of unbranched alkanes of at least 4 members (excludes halogenated alkanes) is 7. The Hall–Kier alpha value is -2.70. The van der Waals surface area contributed by atoms with Crippen molar-refractivity contribution in [3.8, 4) is 5.75 Å². The maximum atomic E-state index is 12.3. The predicted octanol–water partition coefficient (Wildman–Crippen LogP) is 5.39. The van der Waals surface area contributed by atoms with Crippen LogP contribution in [0.15, 0.2) is 29.4 Å². The SMILES string of the molecule is CCCCCCCCCCOc1ccc(C(=O)N/N=C/c2n[nH]nc2C(C)(C)C)cc1. The number of hydrogen-bond acceptors (Lipinski definition) is 5. The van der Waals surface area contributed by atoms with Crippen molar-refractivity contribution in [3.05, 3.63) is 41.2 Å². The summed E-state index contributed by atoms with van der Waals surface area (Å²) in [5, 5.41) is 14.8. The number of hydrogen-bond donors (Lipinski definition) is 2. The summed E-state index contributed by atoms with van der Waals surface area (Å²) < 4.78 is 5.78. The molecule has 0 fully saturated rings. The molecule has 0 unspecified atom stereocenters. The minimum Gasteiger partial charge on any atom is -0.494 e. The van der Waals surface area contributed by atoms with E-state index in [0.717, 1.165) is 17.9 Å². The molecule has 1 aromatic heterocycles. The van der Waals surface area contributed by atoms with Crippen LogP contribution in [-0.2, 0) is 5.41 Å². The van der Waals surface area contributed by atoms with Gasteiger partial charge < -0.3 is 4.74 Å². The van der Waals surface area contributed by atoms with Gasteiger partial charge in [0.1, 0.15) is 11.4 Å². The van der Waals surface area contributed by atoms with Gasteiger partial charge in [0.05, 0.1) is 18.5 Å². The Labute approximate surface area is 186 Å². The van der Waals surface area contributed by atoms with E-state index in [1.54, 1.807) is 12.1 Å². The first-order valence-electron chi connectivity index (χ1n) is 11.4. The Bertz CT molecular complexity index is 806. The second-order valence-corrected chi connectivity index (χ2v) is 8.85. The lowest BCUT2D eigenvalue weighted by Crippen LogP contribution is -2.18. The molecule has 1 amide bonds. The Kier molecular flexibility index (Phi) is 10.2. The molecule has 0 aliphatic heterocycles. The van der Waals surface area contributed by atoms with Gasteiger partial charge in [0.2, 0.25) is 0 Å². The molecule has 0 atom stereocenters. The molecule has 2 N–H and O–H groups in total. The molecule has 2 aromatic rings. The summed E-state index contributed by atoms with van der Waals surface area (Å²) in [5.41, 5.74) is 4.29. The Morgan fingerprint density at radius 1 is 1.03 bits per heavy atom. The molecular formula is C24H37N5O2. The average molecular weight is 428 g/mol. The molecule has 0 saturated carbocycles. The van der Waals surface area contributed by atoms with Crippen molar-refractivity contribution in [2.45, 2.75) is 84.5 Å². The van der Waals surface area contributed by atoms with Gasteiger partial charge in [-0.15, -0.1) is 0 Å². The third-order valence-corrected chi connectivity index (χ3v) is 5.02. The van der Waals surface area contributed by atoms with Gasteiger partial charge in [0.15, 0.2) is 0 Å². The van der Waals surface area contributed by atoms with Gasteiger partial charge in [-0.1, -0.05) is 72.6 Å². The molecular weight excluding hydrogens is 390 g/mol. The monoisotopic (exact) mass is 427 g/mol. The summed E-state index contributed by atoms with van der Waals surface area (Å²) in [6, 6.07) is 7.12. The van der Waals surface area contributed by atoms with Crippen molar-refractivity contribution >= 4 is 12.1 Å². The molecule has 0 saturated heterocycles. The number of nitrogens with zero attached hydrogens (tertiary/aromatic N) is 3. The van der Waals surface area contributed by atoms with E-state index in [-0.39, 0.29) is 11.3 Å². The fourth-order valence-electron chi connectivity index (χ4n) is 3.23. The largest absolute Gasteiger partial charge is 0.494 e. The third-order valence-electron chi connectivity index (χ3n) is 5.02. The molecule has 1 heterocycles. The highest BCUT2D eigenvalue weighted by Gasteiger charge is 2.21. The van der Waals surface area contributed by atoms with Gasteiger partial charge >= 0.3 is 0 Å². The number of carbonyl (C=O) groups excluding carboxylic acids is 1. The van der Waals surface area contributed by atoms with Crippen molar-refractivity contribution in [1.29, 1.82) is 0 Å². The van der Waals surface area contributed by atoms with E-state index < -0.39 is 0 Å². The third kappa shape index (κ3) is 8.90. The van der Waals surface area contributed by atoms with Crippen LogP contribution in [0.3, 0.4) is 0 Å². The summed E-state index contributed by atoms with van der Waals surface area (Å²) >= 11 is 0. The second kappa shape index (κ2) is 12.9. The van der Waals surface area contributed by atoms with Crippen LogP contribution in [-0.4, -0.2) is 34.1 Å². The number of carbonyl (C=O) groups is 1. The summed E-state index contributed by atoms with van der Waals surface area (Å²) in [4.78, 5) is 12.3. The average Bonchev–Trinajstić information content (AvgIpc) is 3.22. The molecule has 1 aromatic carbocycles. The molecule has 0 bridgehead atoms. The van der Waals surface area contributed by atoms with E-state index in [9.17, 15) is 4.79 Å². The standard InChI is InChI=1S/C24H37N5O2/c1-5-6-7-8-9-10-11-12-17-31-20-15-13-19(14-16-20)23(30)28-25-18-21-22(24(2,3)4)27-29-26-21/h13-16,18H,5-12,17H2,1-4H3,(H,28,30)(H,26,27,29)/b25-18+. The number of ether oxygens (including phenoxy) is 1. The number of hydrazone groups is 1. The zero-order valence-electron chi connectivity index (χ0n) is 19.4. The van der Waals surface area contributed by atoms with E-state index in [1.807, 2.05) is 32.9 Å². The van der Waals surface area contributed by atoms with E-state index in [2.05, 4.69) is 32.9 Å².